The second-order valence-electron chi connectivity index (χ2n) is 6.67. The average molecular weight is 375 g/mol. The summed E-state index contributed by atoms with van der Waals surface area (Å²) < 4.78 is 28.7. The molecular weight excluding hydrogens is 348 g/mol. The van der Waals surface area contributed by atoms with Crippen molar-refractivity contribution < 1.29 is 8.42 Å². The number of sulfonamides is 1. The molecule has 0 radical (unpaired) electrons. The van der Waals surface area contributed by atoms with Crippen LogP contribution in [0.15, 0.2) is 42.1 Å². The van der Waals surface area contributed by atoms with Gasteiger partial charge in [0.05, 0.1) is 0 Å². The molecule has 0 bridgehead atoms. The molecule has 0 amide bonds. The Balaban J connectivity index is 1.51. The molecule has 1 aromatic heterocycles. The van der Waals surface area contributed by atoms with Crippen molar-refractivity contribution in [1.29, 1.82) is 0 Å². The van der Waals surface area contributed by atoms with Crippen LogP contribution >= 0.6 is 0 Å². The summed E-state index contributed by atoms with van der Waals surface area (Å²) in [5.74, 6) is 1.01. The second-order valence-corrected chi connectivity index (χ2v) is 8.49. The molecule has 2 aromatic rings. The fourth-order valence-corrected chi connectivity index (χ4v) is 4.20. The van der Waals surface area contributed by atoms with Crippen molar-refractivity contribution in [3.63, 3.8) is 0 Å². The molecule has 0 spiro atoms. The minimum Gasteiger partial charge on any atom is -0.334 e. The summed E-state index contributed by atoms with van der Waals surface area (Å²) in [6.45, 7) is 8.36. The van der Waals surface area contributed by atoms with Gasteiger partial charge in [-0.25, -0.2) is 13.4 Å². The minimum atomic E-state index is -3.37. The van der Waals surface area contributed by atoms with E-state index in [-0.39, 0.29) is 0 Å². The van der Waals surface area contributed by atoms with Gasteiger partial charge in [0.1, 0.15) is 5.82 Å². The molecular formula is C19H26N4O2S. The van der Waals surface area contributed by atoms with Gasteiger partial charge in [-0.3, -0.25) is 4.90 Å². The molecule has 6 nitrogen and oxygen atoms in total. The maximum atomic E-state index is 12.5. The number of imidazole rings is 1. The number of aromatic nitrogens is 2. The van der Waals surface area contributed by atoms with Gasteiger partial charge in [0.25, 0.3) is 0 Å². The van der Waals surface area contributed by atoms with E-state index in [4.69, 9.17) is 0 Å². The van der Waals surface area contributed by atoms with E-state index in [0.29, 0.717) is 13.1 Å². The van der Waals surface area contributed by atoms with Gasteiger partial charge in [-0.05, 0) is 25.5 Å². The summed E-state index contributed by atoms with van der Waals surface area (Å²) in [5.41, 5.74) is 2.06. The predicted octanol–water partition coefficient (Wildman–Crippen LogP) is 2.12. The first kappa shape index (κ1) is 18.8. The van der Waals surface area contributed by atoms with Crippen molar-refractivity contribution in [3.8, 4) is 0 Å². The van der Waals surface area contributed by atoms with Crippen LogP contribution in [0.4, 0.5) is 0 Å². The van der Waals surface area contributed by atoms with Crippen molar-refractivity contribution in [2.45, 2.75) is 20.4 Å². The van der Waals surface area contributed by atoms with Crippen LogP contribution in [-0.4, -0.2) is 59.9 Å². The Kier molecular flexibility index (Phi) is 5.90. The summed E-state index contributed by atoms with van der Waals surface area (Å²) in [5, 5.41) is 1.32. The lowest BCUT2D eigenvalue weighted by molar-refractivity contribution is 0.183. The smallest absolute Gasteiger partial charge is 0.236 e. The zero-order valence-corrected chi connectivity index (χ0v) is 16.2. The molecule has 2 heterocycles. The second kappa shape index (κ2) is 8.16. The summed E-state index contributed by atoms with van der Waals surface area (Å²) in [6, 6.07) is 7.81. The first-order valence-corrected chi connectivity index (χ1v) is 10.4. The van der Waals surface area contributed by atoms with E-state index in [9.17, 15) is 8.42 Å². The van der Waals surface area contributed by atoms with Gasteiger partial charge < -0.3 is 4.57 Å². The van der Waals surface area contributed by atoms with Gasteiger partial charge in [-0.15, -0.1) is 0 Å². The van der Waals surface area contributed by atoms with Crippen molar-refractivity contribution in [1.82, 2.24) is 18.8 Å². The van der Waals surface area contributed by atoms with E-state index >= 15 is 0 Å². The fraction of sp³-hybridized carbons (Fsp3) is 0.421. The SMILES string of the molecule is Cc1ccc(/C=C/S(=O)(=O)N2CCN(CCn3ccnc3C)CC2)cc1. The molecule has 3 rings (SSSR count). The van der Waals surface area contributed by atoms with Crippen LogP contribution < -0.4 is 0 Å². The van der Waals surface area contributed by atoms with Crippen LogP contribution in [0.5, 0.6) is 0 Å². The van der Waals surface area contributed by atoms with Gasteiger partial charge >= 0.3 is 0 Å². The summed E-state index contributed by atoms with van der Waals surface area (Å²) in [7, 11) is -3.37. The lowest BCUT2D eigenvalue weighted by atomic mass is 10.2. The Morgan fingerprint density at radius 1 is 1.04 bits per heavy atom. The van der Waals surface area contributed by atoms with Crippen LogP contribution in [0.2, 0.25) is 0 Å². The first-order chi connectivity index (χ1) is 12.4. The molecule has 1 saturated heterocycles. The maximum absolute atomic E-state index is 12.5. The summed E-state index contributed by atoms with van der Waals surface area (Å²) in [6.07, 6.45) is 5.45. The number of piperazine rings is 1. The lowest BCUT2D eigenvalue weighted by Gasteiger charge is -2.33. The summed E-state index contributed by atoms with van der Waals surface area (Å²) >= 11 is 0. The average Bonchev–Trinajstić information content (AvgIpc) is 3.05. The Labute approximate surface area is 155 Å². The molecule has 1 fully saturated rings. The molecule has 1 aliphatic rings. The van der Waals surface area contributed by atoms with E-state index in [1.54, 1.807) is 16.6 Å². The number of aryl methyl sites for hydroxylation is 2. The molecule has 0 unspecified atom stereocenters. The molecule has 0 saturated carbocycles. The van der Waals surface area contributed by atoms with E-state index < -0.39 is 10.0 Å². The highest BCUT2D eigenvalue weighted by Gasteiger charge is 2.24. The van der Waals surface area contributed by atoms with E-state index in [1.165, 1.54) is 5.41 Å². The van der Waals surface area contributed by atoms with E-state index in [1.807, 2.05) is 44.3 Å². The number of hydrogen-bond acceptors (Lipinski definition) is 4. The van der Waals surface area contributed by atoms with Gasteiger partial charge in [-0.1, -0.05) is 29.8 Å². The molecule has 26 heavy (non-hydrogen) atoms. The molecule has 1 aliphatic heterocycles. The van der Waals surface area contributed by atoms with Crippen LogP contribution in [-0.2, 0) is 16.6 Å². The monoisotopic (exact) mass is 374 g/mol. The number of hydrogen-bond donors (Lipinski definition) is 0. The Morgan fingerprint density at radius 2 is 1.73 bits per heavy atom. The maximum Gasteiger partial charge on any atom is 0.236 e. The van der Waals surface area contributed by atoms with Gasteiger partial charge in [0.2, 0.25) is 10.0 Å². The third-order valence-corrected chi connectivity index (χ3v) is 6.35. The molecule has 0 aliphatic carbocycles. The van der Waals surface area contributed by atoms with E-state index in [0.717, 1.165) is 43.1 Å². The first-order valence-electron chi connectivity index (χ1n) is 8.89. The highest BCUT2D eigenvalue weighted by Crippen LogP contribution is 2.12. The largest absolute Gasteiger partial charge is 0.334 e. The predicted molar refractivity (Wildman–Crippen MR) is 104 cm³/mol. The molecule has 0 N–H and O–H groups in total. The zero-order valence-electron chi connectivity index (χ0n) is 15.4. The molecule has 0 atom stereocenters. The highest BCUT2D eigenvalue weighted by molar-refractivity contribution is 7.92. The third-order valence-electron chi connectivity index (χ3n) is 4.78. The number of benzene rings is 1. The molecule has 7 heteroatoms. The van der Waals surface area contributed by atoms with Gasteiger partial charge in [0.15, 0.2) is 0 Å². The zero-order chi connectivity index (χ0) is 18.6. The fourth-order valence-electron chi connectivity index (χ4n) is 3.02. The topological polar surface area (TPSA) is 58.4 Å². The molecule has 140 valence electrons. The normalized spacial score (nSPS) is 17.2. The van der Waals surface area contributed by atoms with Gasteiger partial charge in [0, 0.05) is 57.1 Å². The van der Waals surface area contributed by atoms with Crippen molar-refractivity contribution in [2.75, 3.05) is 32.7 Å². The van der Waals surface area contributed by atoms with Crippen molar-refractivity contribution in [2.24, 2.45) is 0 Å². The summed E-state index contributed by atoms with van der Waals surface area (Å²) in [4.78, 5) is 6.52. The van der Waals surface area contributed by atoms with Crippen LogP contribution in [0.1, 0.15) is 17.0 Å². The van der Waals surface area contributed by atoms with Crippen LogP contribution in [0.25, 0.3) is 6.08 Å². The standard InChI is InChI=1S/C19H26N4O2S/c1-17-3-5-19(6-4-17)7-16-26(24,25)23-14-11-21(12-15-23)10-13-22-9-8-20-18(22)2/h3-9,16H,10-15H2,1-2H3/b16-7+. The van der Waals surface area contributed by atoms with Gasteiger partial charge in [-0.2, -0.15) is 4.31 Å². The van der Waals surface area contributed by atoms with E-state index in [2.05, 4.69) is 14.5 Å². The van der Waals surface area contributed by atoms with Crippen LogP contribution in [0, 0.1) is 13.8 Å². The van der Waals surface area contributed by atoms with Crippen molar-refractivity contribution in [3.05, 3.63) is 59.0 Å². The Bertz CT molecular complexity index is 848. The minimum absolute atomic E-state index is 0.531. The number of rotatable bonds is 6. The Hall–Kier alpha value is -1.96. The van der Waals surface area contributed by atoms with Crippen LogP contribution in [0.3, 0.4) is 0 Å². The Morgan fingerprint density at radius 3 is 2.35 bits per heavy atom. The number of nitrogens with zero attached hydrogens (tertiary/aromatic N) is 4. The lowest BCUT2D eigenvalue weighted by Crippen LogP contribution is -2.48. The quantitative estimate of drug-likeness (QED) is 0.777. The third kappa shape index (κ3) is 4.81. The highest BCUT2D eigenvalue weighted by atomic mass is 32.2. The van der Waals surface area contributed by atoms with Crippen molar-refractivity contribution >= 4 is 16.1 Å². The molecule has 1 aromatic carbocycles.